The van der Waals surface area contributed by atoms with Crippen molar-refractivity contribution in [1.82, 2.24) is 0 Å². The first-order valence-corrected chi connectivity index (χ1v) is 5.26. The standard InChI is InChI=1S/C12H9ClF2O2/c1-6-2-3-7(14)10(11(6)15)12(16)8-4-5-9(13)17-8/h2-5,12,16H,1H3. The first kappa shape index (κ1) is 12.1. The fourth-order valence-electron chi connectivity index (χ4n) is 1.55. The lowest BCUT2D eigenvalue weighted by atomic mass is 10.0. The normalized spacial score (nSPS) is 12.8. The maximum absolute atomic E-state index is 13.7. The van der Waals surface area contributed by atoms with Crippen LogP contribution in [-0.2, 0) is 0 Å². The molecule has 5 heteroatoms. The summed E-state index contributed by atoms with van der Waals surface area (Å²) in [5, 5.41) is 9.91. The van der Waals surface area contributed by atoms with E-state index in [0.29, 0.717) is 0 Å². The topological polar surface area (TPSA) is 33.4 Å². The average Bonchev–Trinajstić information content (AvgIpc) is 2.71. The van der Waals surface area contributed by atoms with E-state index in [4.69, 9.17) is 16.0 Å². The highest BCUT2D eigenvalue weighted by molar-refractivity contribution is 6.28. The Morgan fingerprint density at radius 1 is 1.24 bits per heavy atom. The lowest BCUT2D eigenvalue weighted by molar-refractivity contribution is 0.179. The fourth-order valence-corrected chi connectivity index (χ4v) is 1.70. The molecule has 2 nitrogen and oxygen atoms in total. The van der Waals surface area contributed by atoms with Crippen LogP contribution >= 0.6 is 11.6 Å². The second-order valence-electron chi connectivity index (χ2n) is 3.64. The van der Waals surface area contributed by atoms with Crippen molar-refractivity contribution in [2.75, 3.05) is 0 Å². The molecule has 1 aromatic heterocycles. The van der Waals surface area contributed by atoms with Gasteiger partial charge < -0.3 is 9.52 Å². The molecule has 1 unspecified atom stereocenters. The molecular weight excluding hydrogens is 250 g/mol. The molecule has 0 aliphatic rings. The summed E-state index contributed by atoms with van der Waals surface area (Å²) in [5.74, 6) is -1.61. The lowest BCUT2D eigenvalue weighted by Gasteiger charge is -2.11. The zero-order chi connectivity index (χ0) is 12.6. The summed E-state index contributed by atoms with van der Waals surface area (Å²) in [6, 6.07) is 5.16. The largest absolute Gasteiger partial charge is 0.447 e. The van der Waals surface area contributed by atoms with E-state index < -0.39 is 23.3 Å². The molecule has 0 saturated heterocycles. The highest BCUT2D eigenvalue weighted by Crippen LogP contribution is 2.30. The average molecular weight is 259 g/mol. The van der Waals surface area contributed by atoms with Gasteiger partial charge >= 0.3 is 0 Å². The molecule has 0 radical (unpaired) electrons. The van der Waals surface area contributed by atoms with E-state index in [1.165, 1.54) is 25.1 Å². The molecule has 90 valence electrons. The third-order valence-corrected chi connectivity index (χ3v) is 2.66. The minimum Gasteiger partial charge on any atom is -0.447 e. The summed E-state index contributed by atoms with van der Waals surface area (Å²) in [7, 11) is 0. The Kier molecular flexibility index (Phi) is 3.17. The van der Waals surface area contributed by atoms with Crippen LogP contribution in [0.3, 0.4) is 0 Å². The van der Waals surface area contributed by atoms with Crippen LogP contribution in [-0.4, -0.2) is 5.11 Å². The van der Waals surface area contributed by atoms with E-state index in [1.54, 1.807) is 0 Å². The summed E-state index contributed by atoms with van der Waals surface area (Å²) in [6.07, 6.45) is -1.51. The number of furan rings is 1. The van der Waals surface area contributed by atoms with Crippen LogP contribution in [0.4, 0.5) is 8.78 Å². The second-order valence-corrected chi connectivity index (χ2v) is 4.01. The van der Waals surface area contributed by atoms with E-state index in [-0.39, 0.29) is 16.5 Å². The Labute approximate surface area is 101 Å². The van der Waals surface area contributed by atoms with Gasteiger partial charge in [0.2, 0.25) is 0 Å². The van der Waals surface area contributed by atoms with E-state index in [9.17, 15) is 13.9 Å². The SMILES string of the molecule is Cc1ccc(F)c(C(O)c2ccc(Cl)o2)c1F. The maximum atomic E-state index is 13.7. The van der Waals surface area contributed by atoms with Gasteiger partial charge in [-0.05, 0) is 42.3 Å². The zero-order valence-electron chi connectivity index (χ0n) is 8.88. The van der Waals surface area contributed by atoms with Gasteiger partial charge in [-0.1, -0.05) is 6.07 Å². The van der Waals surface area contributed by atoms with Crippen LogP contribution in [0.1, 0.15) is 23.0 Å². The molecule has 0 fully saturated rings. The Balaban J connectivity index is 2.50. The molecule has 2 aromatic rings. The van der Waals surface area contributed by atoms with Gasteiger partial charge in [0, 0.05) is 0 Å². The van der Waals surface area contributed by atoms with E-state index in [1.807, 2.05) is 0 Å². The molecule has 0 aliphatic heterocycles. The van der Waals surface area contributed by atoms with E-state index in [2.05, 4.69) is 0 Å². The first-order valence-electron chi connectivity index (χ1n) is 4.88. The molecule has 2 rings (SSSR count). The van der Waals surface area contributed by atoms with E-state index >= 15 is 0 Å². The van der Waals surface area contributed by atoms with Crippen LogP contribution in [0.2, 0.25) is 5.22 Å². The number of benzene rings is 1. The van der Waals surface area contributed by atoms with Crippen molar-refractivity contribution < 1.29 is 18.3 Å². The van der Waals surface area contributed by atoms with Gasteiger partial charge in [-0.3, -0.25) is 0 Å². The van der Waals surface area contributed by atoms with Gasteiger partial charge in [-0.2, -0.15) is 0 Å². The van der Waals surface area contributed by atoms with Gasteiger partial charge in [0.15, 0.2) is 5.22 Å². The second kappa shape index (κ2) is 4.47. The van der Waals surface area contributed by atoms with Crippen molar-refractivity contribution in [3.05, 3.63) is 58.0 Å². The quantitative estimate of drug-likeness (QED) is 0.893. The molecule has 0 saturated carbocycles. The molecule has 1 aromatic carbocycles. The van der Waals surface area contributed by atoms with E-state index in [0.717, 1.165) is 6.07 Å². The lowest BCUT2D eigenvalue weighted by Crippen LogP contribution is -2.06. The summed E-state index contributed by atoms with van der Waals surface area (Å²) >= 11 is 5.54. The minimum atomic E-state index is -1.51. The molecule has 17 heavy (non-hydrogen) atoms. The summed E-state index contributed by atoms with van der Waals surface area (Å²) < 4.78 is 32.2. The number of rotatable bonds is 2. The van der Waals surface area contributed by atoms with Gasteiger partial charge in [0.05, 0.1) is 5.56 Å². The molecular formula is C12H9ClF2O2. The predicted molar refractivity (Wildman–Crippen MR) is 58.9 cm³/mol. The third-order valence-electron chi connectivity index (χ3n) is 2.46. The number of hydrogen-bond donors (Lipinski definition) is 1. The third kappa shape index (κ3) is 2.18. The molecule has 1 N–H and O–H groups in total. The van der Waals surface area contributed by atoms with Gasteiger partial charge in [0.25, 0.3) is 0 Å². The molecule has 0 spiro atoms. The zero-order valence-corrected chi connectivity index (χ0v) is 9.63. The Bertz CT molecular complexity index is 551. The summed E-state index contributed by atoms with van der Waals surface area (Å²) in [5.41, 5.74) is -0.186. The predicted octanol–water partition coefficient (Wildman–Crippen LogP) is 3.60. The first-order chi connectivity index (χ1) is 8.00. The molecule has 1 heterocycles. The summed E-state index contributed by atoms with van der Waals surface area (Å²) in [4.78, 5) is 0. The van der Waals surface area contributed by atoms with Crippen LogP contribution in [0.25, 0.3) is 0 Å². The molecule has 0 amide bonds. The highest BCUT2D eigenvalue weighted by atomic mass is 35.5. The van der Waals surface area contributed by atoms with Gasteiger partial charge in [0.1, 0.15) is 23.5 Å². The maximum Gasteiger partial charge on any atom is 0.193 e. The van der Waals surface area contributed by atoms with Crippen LogP contribution in [0, 0.1) is 18.6 Å². The van der Waals surface area contributed by atoms with Crippen LogP contribution < -0.4 is 0 Å². The van der Waals surface area contributed by atoms with Gasteiger partial charge in [-0.15, -0.1) is 0 Å². The molecule has 0 bridgehead atoms. The highest BCUT2D eigenvalue weighted by Gasteiger charge is 2.23. The minimum absolute atomic E-state index is 0.00148. The number of halogens is 3. The van der Waals surface area contributed by atoms with Crippen molar-refractivity contribution in [3.8, 4) is 0 Å². The summed E-state index contributed by atoms with van der Waals surface area (Å²) in [6.45, 7) is 1.49. The Morgan fingerprint density at radius 2 is 1.94 bits per heavy atom. The van der Waals surface area contributed by atoms with Crippen molar-refractivity contribution in [2.45, 2.75) is 13.0 Å². The van der Waals surface area contributed by atoms with Crippen molar-refractivity contribution in [3.63, 3.8) is 0 Å². The molecule has 1 atom stereocenters. The van der Waals surface area contributed by atoms with Crippen molar-refractivity contribution in [2.24, 2.45) is 0 Å². The van der Waals surface area contributed by atoms with Crippen molar-refractivity contribution in [1.29, 1.82) is 0 Å². The number of aryl methyl sites for hydroxylation is 1. The monoisotopic (exact) mass is 258 g/mol. The Morgan fingerprint density at radius 3 is 2.53 bits per heavy atom. The number of hydrogen-bond acceptors (Lipinski definition) is 2. The smallest absolute Gasteiger partial charge is 0.193 e. The van der Waals surface area contributed by atoms with Crippen LogP contribution in [0.15, 0.2) is 28.7 Å². The number of aliphatic hydroxyl groups is 1. The van der Waals surface area contributed by atoms with Crippen molar-refractivity contribution >= 4 is 11.6 Å². The molecule has 0 aliphatic carbocycles. The Hall–Kier alpha value is -1.39. The fraction of sp³-hybridized carbons (Fsp3) is 0.167. The van der Waals surface area contributed by atoms with Gasteiger partial charge in [-0.25, -0.2) is 8.78 Å². The number of aliphatic hydroxyl groups excluding tert-OH is 1. The van der Waals surface area contributed by atoms with Crippen LogP contribution in [0.5, 0.6) is 0 Å².